The minimum Gasteiger partial charge on any atom is -0.494 e. The van der Waals surface area contributed by atoms with E-state index in [1.807, 2.05) is 12.3 Å². The molecule has 0 aliphatic rings. The number of aryl methyl sites for hydroxylation is 1. The molecule has 0 radical (unpaired) electrons. The monoisotopic (exact) mass is 252 g/mol. The van der Waals surface area contributed by atoms with Crippen molar-refractivity contribution in [3.05, 3.63) is 40.1 Å². The molecule has 0 fully saturated rings. The van der Waals surface area contributed by atoms with Crippen LogP contribution >= 0.6 is 11.3 Å². The van der Waals surface area contributed by atoms with Crippen LogP contribution in [0.25, 0.3) is 0 Å². The predicted molar refractivity (Wildman–Crippen MR) is 67.1 cm³/mol. The van der Waals surface area contributed by atoms with E-state index in [1.54, 1.807) is 23.5 Å². The van der Waals surface area contributed by atoms with Crippen LogP contribution in [-0.2, 0) is 6.54 Å². The minimum absolute atomic E-state index is 0.250. The number of halogens is 1. The van der Waals surface area contributed by atoms with Gasteiger partial charge in [-0.1, -0.05) is 0 Å². The Bertz CT molecular complexity index is 513. The SMILES string of the molecule is COc1ccc(NCc2csc(C)n2)cc1F. The fraction of sp³-hybridized carbons (Fsp3) is 0.250. The van der Waals surface area contributed by atoms with Gasteiger partial charge in [-0.25, -0.2) is 9.37 Å². The summed E-state index contributed by atoms with van der Waals surface area (Å²) < 4.78 is 18.3. The fourth-order valence-corrected chi connectivity index (χ4v) is 2.07. The van der Waals surface area contributed by atoms with Crippen LogP contribution in [0.1, 0.15) is 10.7 Å². The third-order valence-electron chi connectivity index (χ3n) is 2.29. The van der Waals surface area contributed by atoms with Crippen molar-refractivity contribution in [3.63, 3.8) is 0 Å². The first kappa shape index (κ1) is 11.9. The third kappa shape index (κ3) is 2.94. The van der Waals surface area contributed by atoms with E-state index in [2.05, 4.69) is 10.3 Å². The number of ether oxygens (including phenoxy) is 1. The molecule has 1 aromatic heterocycles. The van der Waals surface area contributed by atoms with Crippen molar-refractivity contribution in [2.24, 2.45) is 0 Å². The number of benzene rings is 1. The van der Waals surface area contributed by atoms with Crippen LogP contribution in [0.4, 0.5) is 10.1 Å². The van der Waals surface area contributed by atoms with E-state index < -0.39 is 0 Å². The lowest BCUT2D eigenvalue weighted by Crippen LogP contribution is -2.00. The topological polar surface area (TPSA) is 34.1 Å². The van der Waals surface area contributed by atoms with Crippen molar-refractivity contribution in [2.75, 3.05) is 12.4 Å². The van der Waals surface area contributed by atoms with Crippen LogP contribution in [0.5, 0.6) is 5.75 Å². The van der Waals surface area contributed by atoms with E-state index in [4.69, 9.17) is 4.74 Å². The normalized spacial score (nSPS) is 10.3. The van der Waals surface area contributed by atoms with Gasteiger partial charge in [-0.2, -0.15) is 0 Å². The van der Waals surface area contributed by atoms with E-state index >= 15 is 0 Å². The second-order valence-electron chi connectivity index (χ2n) is 3.56. The Hall–Kier alpha value is -1.62. The predicted octanol–water partition coefficient (Wildman–Crippen LogP) is 3.21. The van der Waals surface area contributed by atoms with Crippen LogP contribution in [0.15, 0.2) is 23.6 Å². The van der Waals surface area contributed by atoms with Gasteiger partial charge >= 0.3 is 0 Å². The molecule has 0 amide bonds. The molecule has 0 spiro atoms. The Morgan fingerprint density at radius 2 is 2.29 bits per heavy atom. The molecular formula is C12H13FN2OS. The first-order valence-corrected chi connectivity index (χ1v) is 6.05. The molecule has 2 aromatic rings. The first-order chi connectivity index (χ1) is 8.19. The molecule has 1 heterocycles. The number of methoxy groups -OCH3 is 1. The zero-order valence-corrected chi connectivity index (χ0v) is 10.5. The smallest absolute Gasteiger partial charge is 0.167 e. The number of nitrogens with one attached hydrogen (secondary N) is 1. The number of thiazole rings is 1. The molecule has 0 bridgehead atoms. The summed E-state index contributed by atoms with van der Waals surface area (Å²) in [6.07, 6.45) is 0. The van der Waals surface area contributed by atoms with Crippen LogP contribution in [0.3, 0.4) is 0 Å². The third-order valence-corrected chi connectivity index (χ3v) is 3.11. The lowest BCUT2D eigenvalue weighted by Gasteiger charge is -2.06. The Morgan fingerprint density at radius 3 is 2.88 bits per heavy atom. The number of aromatic nitrogens is 1. The van der Waals surface area contributed by atoms with Gasteiger partial charge in [0.1, 0.15) is 0 Å². The Morgan fingerprint density at radius 1 is 1.47 bits per heavy atom. The lowest BCUT2D eigenvalue weighted by atomic mass is 10.3. The largest absolute Gasteiger partial charge is 0.494 e. The van der Waals surface area contributed by atoms with Crippen molar-refractivity contribution >= 4 is 17.0 Å². The van der Waals surface area contributed by atoms with Gasteiger partial charge in [0.2, 0.25) is 0 Å². The molecule has 1 N–H and O–H groups in total. The van der Waals surface area contributed by atoms with E-state index in [-0.39, 0.29) is 11.6 Å². The fourth-order valence-electron chi connectivity index (χ4n) is 1.46. The Kier molecular flexibility index (Phi) is 3.58. The highest BCUT2D eigenvalue weighted by molar-refractivity contribution is 7.09. The second kappa shape index (κ2) is 5.14. The quantitative estimate of drug-likeness (QED) is 0.907. The van der Waals surface area contributed by atoms with E-state index in [1.165, 1.54) is 13.2 Å². The zero-order chi connectivity index (χ0) is 12.3. The van der Waals surface area contributed by atoms with Gasteiger partial charge in [0.05, 0.1) is 24.4 Å². The zero-order valence-electron chi connectivity index (χ0n) is 9.66. The van der Waals surface area contributed by atoms with Crippen molar-refractivity contribution in [1.29, 1.82) is 0 Å². The maximum absolute atomic E-state index is 13.4. The van der Waals surface area contributed by atoms with Crippen LogP contribution in [-0.4, -0.2) is 12.1 Å². The van der Waals surface area contributed by atoms with Crippen molar-refractivity contribution < 1.29 is 9.13 Å². The molecule has 1 aromatic carbocycles. The molecule has 2 rings (SSSR count). The molecular weight excluding hydrogens is 239 g/mol. The van der Waals surface area contributed by atoms with Gasteiger partial charge in [-0.3, -0.25) is 0 Å². The van der Waals surface area contributed by atoms with Crippen LogP contribution < -0.4 is 10.1 Å². The lowest BCUT2D eigenvalue weighted by molar-refractivity contribution is 0.386. The molecule has 0 aliphatic heterocycles. The average Bonchev–Trinajstić information content (AvgIpc) is 2.73. The van der Waals surface area contributed by atoms with Crippen LogP contribution in [0.2, 0.25) is 0 Å². The average molecular weight is 252 g/mol. The summed E-state index contributed by atoms with van der Waals surface area (Å²) in [5, 5.41) is 6.13. The maximum Gasteiger partial charge on any atom is 0.167 e. The Balaban J connectivity index is 2.02. The summed E-state index contributed by atoms with van der Waals surface area (Å²) in [6, 6.07) is 4.79. The van der Waals surface area contributed by atoms with Gasteiger partial charge in [0, 0.05) is 17.1 Å². The van der Waals surface area contributed by atoms with Crippen molar-refractivity contribution in [2.45, 2.75) is 13.5 Å². The summed E-state index contributed by atoms with van der Waals surface area (Å²) >= 11 is 1.60. The standard InChI is InChI=1S/C12H13FN2OS/c1-8-15-10(7-17-8)6-14-9-3-4-12(16-2)11(13)5-9/h3-5,7,14H,6H2,1-2H3. The van der Waals surface area contributed by atoms with Crippen molar-refractivity contribution in [3.8, 4) is 5.75 Å². The maximum atomic E-state index is 13.4. The summed E-state index contributed by atoms with van der Waals surface area (Å²) in [5.74, 6) is -0.119. The number of anilines is 1. The molecule has 90 valence electrons. The number of nitrogens with zero attached hydrogens (tertiary/aromatic N) is 1. The Labute approximate surface area is 103 Å². The molecule has 0 unspecified atom stereocenters. The van der Waals surface area contributed by atoms with Gasteiger partial charge in [-0.15, -0.1) is 11.3 Å². The molecule has 5 heteroatoms. The van der Waals surface area contributed by atoms with Crippen LogP contribution in [0, 0.1) is 12.7 Å². The van der Waals surface area contributed by atoms with E-state index in [0.717, 1.165) is 10.7 Å². The van der Waals surface area contributed by atoms with Crippen molar-refractivity contribution in [1.82, 2.24) is 4.98 Å². The molecule has 0 aliphatic carbocycles. The summed E-state index contributed by atoms with van der Waals surface area (Å²) in [4.78, 5) is 4.32. The highest BCUT2D eigenvalue weighted by Crippen LogP contribution is 2.21. The number of rotatable bonds is 4. The second-order valence-corrected chi connectivity index (χ2v) is 4.62. The highest BCUT2D eigenvalue weighted by Gasteiger charge is 2.03. The minimum atomic E-state index is -0.369. The van der Waals surface area contributed by atoms with Gasteiger partial charge in [-0.05, 0) is 19.1 Å². The van der Waals surface area contributed by atoms with Gasteiger partial charge in [0.25, 0.3) is 0 Å². The highest BCUT2D eigenvalue weighted by atomic mass is 32.1. The van der Waals surface area contributed by atoms with Gasteiger partial charge < -0.3 is 10.1 Å². The summed E-state index contributed by atoms with van der Waals surface area (Å²) in [7, 11) is 1.45. The molecule has 17 heavy (non-hydrogen) atoms. The van der Waals surface area contributed by atoms with E-state index in [0.29, 0.717) is 12.2 Å². The number of hydrogen-bond acceptors (Lipinski definition) is 4. The molecule has 3 nitrogen and oxygen atoms in total. The number of hydrogen-bond donors (Lipinski definition) is 1. The van der Waals surface area contributed by atoms with Gasteiger partial charge in [0.15, 0.2) is 11.6 Å². The summed E-state index contributed by atoms with van der Waals surface area (Å²) in [6.45, 7) is 2.55. The molecule has 0 saturated carbocycles. The summed E-state index contributed by atoms with van der Waals surface area (Å²) in [5.41, 5.74) is 1.68. The molecule has 0 saturated heterocycles. The first-order valence-electron chi connectivity index (χ1n) is 5.17. The molecule has 0 atom stereocenters. The van der Waals surface area contributed by atoms with E-state index in [9.17, 15) is 4.39 Å².